The zero-order chi connectivity index (χ0) is 12.5. The van der Waals surface area contributed by atoms with Gasteiger partial charge in [-0.25, -0.2) is 0 Å². The fourth-order valence-corrected chi connectivity index (χ4v) is 2.53. The van der Waals surface area contributed by atoms with E-state index in [2.05, 4.69) is 24.1 Å². The van der Waals surface area contributed by atoms with Gasteiger partial charge in [0.1, 0.15) is 0 Å². The van der Waals surface area contributed by atoms with E-state index in [-0.39, 0.29) is 0 Å². The summed E-state index contributed by atoms with van der Waals surface area (Å²) in [6.07, 6.45) is 7.37. The Kier molecular flexibility index (Phi) is 7.82. The van der Waals surface area contributed by atoms with Crippen molar-refractivity contribution in [3.8, 4) is 0 Å². The summed E-state index contributed by atoms with van der Waals surface area (Å²) in [5, 5.41) is 12.4. The minimum absolute atomic E-state index is 0.339. The third kappa shape index (κ3) is 6.39. The van der Waals surface area contributed by atoms with E-state index in [1.54, 1.807) is 0 Å². The van der Waals surface area contributed by atoms with Gasteiger partial charge in [0.25, 0.3) is 0 Å². The summed E-state index contributed by atoms with van der Waals surface area (Å²) in [5.41, 5.74) is 0. The van der Waals surface area contributed by atoms with E-state index in [0.29, 0.717) is 18.7 Å². The molecule has 0 aliphatic carbocycles. The van der Waals surface area contributed by atoms with Gasteiger partial charge in [0.05, 0.1) is 0 Å². The molecule has 2 N–H and O–H groups in total. The molecular weight excluding hydrogens is 212 g/mol. The first-order chi connectivity index (χ1) is 8.24. The average Bonchev–Trinajstić information content (AvgIpc) is 2.34. The van der Waals surface area contributed by atoms with Crippen molar-refractivity contribution in [2.24, 2.45) is 0 Å². The van der Waals surface area contributed by atoms with Gasteiger partial charge in [0.15, 0.2) is 0 Å². The lowest BCUT2D eigenvalue weighted by Gasteiger charge is -2.33. The van der Waals surface area contributed by atoms with Crippen LogP contribution in [-0.4, -0.2) is 48.3 Å². The Hall–Kier alpha value is -0.120. The standard InChI is InChI=1S/C14H30N2O/c1-13(2)16(10-6-3-7-11-17)12-14-8-4-5-9-15-14/h13-15,17H,3-12H2,1-2H3. The first kappa shape index (κ1) is 14.9. The monoisotopic (exact) mass is 242 g/mol. The Morgan fingerprint density at radius 1 is 1.24 bits per heavy atom. The molecule has 0 spiro atoms. The number of unbranched alkanes of at least 4 members (excludes halogenated alkanes) is 2. The molecule has 1 fully saturated rings. The normalized spacial score (nSPS) is 21.4. The van der Waals surface area contributed by atoms with Crippen molar-refractivity contribution >= 4 is 0 Å². The smallest absolute Gasteiger partial charge is 0.0431 e. The quantitative estimate of drug-likeness (QED) is 0.639. The van der Waals surface area contributed by atoms with Crippen LogP contribution in [0.2, 0.25) is 0 Å². The molecule has 1 unspecified atom stereocenters. The zero-order valence-electron chi connectivity index (χ0n) is 11.6. The number of aliphatic hydroxyl groups excluding tert-OH is 1. The van der Waals surface area contributed by atoms with Crippen LogP contribution in [0.5, 0.6) is 0 Å². The second-order valence-corrected chi connectivity index (χ2v) is 5.52. The molecule has 3 heteroatoms. The summed E-state index contributed by atoms with van der Waals surface area (Å²) in [7, 11) is 0. The van der Waals surface area contributed by atoms with Crippen molar-refractivity contribution in [1.29, 1.82) is 0 Å². The highest BCUT2D eigenvalue weighted by atomic mass is 16.2. The maximum atomic E-state index is 8.78. The van der Waals surface area contributed by atoms with Gasteiger partial charge in [-0.3, -0.25) is 4.90 Å². The van der Waals surface area contributed by atoms with Crippen LogP contribution in [0.3, 0.4) is 0 Å². The maximum Gasteiger partial charge on any atom is 0.0431 e. The lowest BCUT2D eigenvalue weighted by Crippen LogP contribution is -2.46. The van der Waals surface area contributed by atoms with Crippen molar-refractivity contribution in [3.05, 3.63) is 0 Å². The van der Waals surface area contributed by atoms with E-state index >= 15 is 0 Å². The molecule has 1 aliphatic heterocycles. The van der Waals surface area contributed by atoms with Crippen molar-refractivity contribution in [2.75, 3.05) is 26.2 Å². The summed E-state index contributed by atoms with van der Waals surface area (Å²) in [5.74, 6) is 0. The van der Waals surface area contributed by atoms with Crippen molar-refractivity contribution in [3.63, 3.8) is 0 Å². The Bertz CT molecular complexity index is 179. The molecule has 0 saturated carbocycles. The van der Waals surface area contributed by atoms with E-state index in [1.165, 1.54) is 45.3 Å². The molecule has 0 bridgehead atoms. The third-order valence-corrected chi connectivity index (χ3v) is 3.70. The Morgan fingerprint density at radius 3 is 2.65 bits per heavy atom. The summed E-state index contributed by atoms with van der Waals surface area (Å²) in [6, 6.07) is 1.33. The fraction of sp³-hybridized carbons (Fsp3) is 1.00. The number of hydrogen-bond donors (Lipinski definition) is 2. The predicted octanol–water partition coefficient (Wildman–Crippen LogP) is 2.00. The van der Waals surface area contributed by atoms with E-state index < -0.39 is 0 Å². The summed E-state index contributed by atoms with van der Waals surface area (Å²) >= 11 is 0. The highest BCUT2D eigenvalue weighted by molar-refractivity contribution is 4.77. The topological polar surface area (TPSA) is 35.5 Å². The minimum Gasteiger partial charge on any atom is -0.396 e. The van der Waals surface area contributed by atoms with Gasteiger partial charge in [0, 0.05) is 25.2 Å². The first-order valence-corrected chi connectivity index (χ1v) is 7.32. The Balaban J connectivity index is 2.21. The van der Waals surface area contributed by atoms with Gasteiger partial charge in [-0.2, -0.15) is 0 Å². The molecule has 1 rings (SSSR count). The number of rotatable bonds is 8. The number of hydrogen-bond acceptors (Lipinski definition) is 3. The van der Waals surface area contributed by atoms with Crippen LogP contribution in [0.1, 0.15) is 52.4 Å². The van der Waals surface area contributed by atoms with E-state index in [0.717, 1.165) is 12.8 Å². The van der Waals surface area contributed by atoms with Crippen LogP contribution in [0.25, 0.3) is 0 Å². The largest absolute Gasteiger partial charge is 0.396 e. The lowest BCUT2D eigenvalue weighted by molar-refractivity contribution is 0.179. The molecule has 102 valence electrons. The molecule has 1 aliphatic rings. The van der Waals surface area contributed by atoms with Crippen LogP contribution in [0.15, 0.2) is 0 Å². The second-order valence-electron chi connectivity index (χ2n) is 5.52. The SMILES string of the molecule is CC(C)N(CCCCCO)CC1CCCCN1. The van der Waals surface area contributed by atoms with Gasteiger partial charge in [0.2, 0.25) is 0 Å². The number of nitrogens with zero attached hydrogens (tertiary/aromatic N) is 1. The van der Waals surface area contributed by atoms with Crippen LogP contribution >= 0.6 is 0 Å². The van der Waals surface area contributed by atoms with Gasteiger partial charge < -0.3 is 10.4 Å². The first-order valence-electron chi connectivity index (χ1n) is 7.32. The predicted molar refractivity (Wildman–Crippen MR) is 73.3 cm³/mol. The van der Waals surface area contributed by atoms with Crippen LogP contribution in [-0.2, 0) is 0 Å². The zero-order valence-corrected chi connectivity index (χ0v) is 11.6. The Labute approximate surface area is 107 Å². The molecule has 17 heavy (non-hydrogen) atoms. The molecule has 1 heterocycles. The second kappa shape index (κ2) is 8.90. The summed E-state index contributed by atoms with van der Waals surface area (Å²) in [6.45, 7) is 8.48. The van der Waals surface area contributed by atoms with E-state index in [4.69, 9.17) is 5.11 Å². The van der Waals surface area contributed by atoms with Gasteiger partial charge in [-0.05, 0) is 59.0 Å². The lowest BCUT2D eigenvalue weighted by atomic mass is 10.0. The maximum absolute atomic E-state index is 8.78. The molecule has 0 aromatic heterocycles. The molecule has 0 aromatic carbocycles. The molecule has 0 radical (unpaired) electrons. The summed E-state index contributed by atoms with van der Waals surface area (Å²) < 4.78 is 0. The van der Waals surface area contributed by atoms with Gasteiger partial charge in [-0.1, -0.05) is 6.42 Å². The average molecular weight is 242 g/mol. The number of nitrogens with one attached hydrogen (secondary N) is 1. The van der Waals surface area contributed by atoms with E-state index in [9.17, 15) is 0 Å². The van der Waals surface area contributed by atoms with Crippen molar-refractivity contribution in [1.82, 2.24) is 10.2 Å². The van der Waals surface area contributed by atoms with E-state index in [1.807, 2.05) is 0 Å². The van der Waals surface area contributed by atoms with Gasteiger partial charge >= 0.3 is 0 Å². The van der Waals surface area contributed by atoms with Crippen molar-refractivity contribution in [2.45, 2.75) is 64.5 Å². The van der Waals surface area contributed by atoms with Crippen LogP contribution in [0.4, 0.5) is 0 Å². The molecule has 0 amide bonds. The molecule has 1 saturated heterocycles. The van der Waals surface area contributed by atoms with Crippen LogP contribution in [0, 0.1) is 0 Å². The minimum atomic E-state index is 0.339. The fourth-order valence-electron chi connectivity index (χ4n) is 2.53. The van der Waals surface area contributed by atoms with Gasteiger partial charge in [-0.15, -0.1) is 0 Å². The molecule has 0 aromatic rings. The molecule has 3 nitrogen and oxygen atoms in total. The highest BCUT2D eigenvalue weighted by Crippen LogP contribution is 2.11. The van der Waals surface area contributed by atoms with Crippen molar-refractivity contribution < 1.29 is 5.11 Å². The molecular formula is C14H30N2O. The number of aliphatic hydroxyl groups is 1. The van der Waals surface area contributed by atoms with Crippen LogP contribution < -0.4 is 5.32 Å². The summed E-state index contributed by atoms with van der Waals surface area (Å²) in [4.78, 5) is 2.58. The highest BCUT2D eigenvalue weighted by Gasteiger charge is 2.17. The number of piperidine rings is 1. The molecule has 1 atom stereocenters. The Morgan fingerprint density at radius 2 is 2.06 bits per heavy atom. The third-order valence-electron chi connectivity index (χ3n) is 3.70.